The first-order valence-corrected chi connectivity index (χ1v) is 8.69. The van der Waals surface area contributed by atoms with E-state index in [0.29, 0.717) is 22.6 Å². The van der Waals surface area contributed by atoms with Crippen LogP contribution in [-0.4, -0.2) is 25.1 Å². The Balaban J connectivity index is 1.63. The van der Waals surface area contributed by atoms with Crippen molar-refractivity contribution < 1.29 is 18.7 Å². The number of carbonyl (C=O) groups excluding carboxylic acids is 2. The van der Waals surface area contributed by atoms with Crippen LogP contribution in [0.25, 0.3) is 0 Å². The van der Waals surface area contributed by atoms with Gasteiger partial charge in [0.15, 0.2) is 0 Å². The zero-order valence-corrected chi connectivity index (χ0v) is 15.6. The number of benzene rings is 3. The molecule has 3 rings (SSSR count). The fourth-order valence-electron chi connectivity index (χ4n) is 2.49. The number of halogens is 1. The molecule has 3 aromatic rings. The van der Waals surface area contributed by atoms with E-state index in [1.54, 1.807) is 31.4 Å². The predicted molar refractivity (Wildman–Crippen MR) is 109 cm³/mol. The Labute approximate surface area is 167 Å². The summed E-state index contributed by atoms with van der Waals surface area (Å²) in [5.41, 5.74) is 4.27. The van der Waals surface area contributed by atoms with Gasteiger partial charge < -0.3 is 10.1 Å². The third-order valence-electron chi connectivity index (χ3n) is 3.96. The molecule has 0 aliphatic heterocycles. The molecule has 0 saturated carbocycles. The quantitative estimate of drug-likeness (QED) is 0.495. The van der Waals surface area contributed by atoms with E-state index in [-0.39, 0.29) is 0 Å². The van der Waals surface area contributed by atoms with Crippen molar-refractivity contribution in [1.82, 2.24) is 5.43 Å². The number of hydrogen-bond donors (Lipinski definition) is 2. The lowest BCUT2D eigenvalue weighted by Crippen LogP contribution is -2.18. The lowest BCUT2D eigenvalue weighted by Gasteiger charge is -2.07. The van der Waals surface area contributed by atoms with Crippen LogP contribution in [-0.2, 0) is 0 Å². The zero-order valence-electron chi connectivity index (χ0n) is 15.6. The van der Waals surface area contributed by atoms with E-state index in [4.69, 9.17) is 4.74 Å². The van der Waals surface area contributed by atoms with Crippen LogP contribution in [0.1, 0.15) is 26.3 Å². The summed E-state index contributed by atoms with van der Waals surface area (Å²) in [6.07, 6.45) is 1.50. The normalized spacial score (nSPS) is 10.6. The smallest absolute Gasteiger partial charge is 0.271 e. The van der Waals surface area contributed by atoms with Crippen LogP contribution in [0.2, 0.25) is 0 Å². The molecule has 0 unspecified atom stereocenters. The summed E-state index contributed by atoms with van der Waals surface area (Å²) in [7, 11) is 1.57. The van der Waals surface area contributed by atoms with Crippen LogP contribution < -0.4 is 15.5 Å². The van der Waals surface area contributed by atoms with Crippen molar-refractivity contribution in [2.45, 2.75) is 0 Å². The second-order valence-corrected chi connectivity index (χ2v) is 6.02. The Morgan fingerprint density at radius 1 is 0.931 bits per heavy atom. The molecule has 0 bridgehead atoms. The number of anilines is 1. The van der Waals surface area contributed by atoms with Gasteiger partial charge in [0.1, 0.15) is 11.6 Å². The van der Waals surface area contributed by atoms with E-state index in [9.17, 15) is 14.0 Å². The lowest BCUT2D eigenvalue weighted by atomic mass is 10.1. The van der Waals surface area contributed by atoms with Crippen LogP contribution in [0.5, 0.6) is 5.75 Å². The van der Waals surface area contributed by atoms with Crippen LogP contribution in [0.4, 0.5) is 10.1 Å². The van der Waals surface area contributed by atoms with Gasteiger partial charge in [-0.3, -0.25) is 9.59 Å². The summed E-state index contributed by atoms with van der Waals surface area (Å²) in [6.45, 7) is 0. The molecule has 0 heterocycles. The fraction of sp³-hybridized carbons (Fsp3) is 0.0455. The van der Waals surface area contributed by atoms with Gasteiger partial charge in [0.2, 0.25) is 0 Å². The lowest BCUT2D eigenvalue weighted by molar-refractivity contribution is 0.0953. The molecule has 0 fully saturated rings. The number of ether oxygens (including phenoxy) is 1. The topological polar surface area (TPSA) is 79.8 Å². The maximum atomic E-state index is 13.0. The summed E-state index contributed by atoms with van der Waals surface area (Å²) >= 11 is 0. The summed E-state index contributed by atoms with van der Waals surface area (Å²) in [5, 5.41) is 6.61. The van der Waals surface area contributed by atoms with Crippen LogP contribution in [0, 0.1) is 5.82 Å². The summed E-state index contributed by atoms with van der Waals surface area (Å²) in [5.74, 6) is -0.569. The molecule has 0 spiro atoms. The molecule has 3 aromatic carbocycles. The van der Waals surface area contributed by atoms with Gasteiger partial charge in [-0.25, -0.2) is 9.82 Å². The zero-order chi connectivity index (χ0) is 20.6. The monoisotopic (exact) mass is 391 g/mol. The van der Waals surface area contributed by atoms with E-state index in [1.165, 1.54) is 36.5 Å². The third-order valence-corrected chi connectivity index (χ3v) is 3.96. The van der Waals surface area contributed by atoms with Gasteiger partial charge in [-0.05, 0) is 60.2 Å². The molecule has 2 N–H and O–H groups in total. The predicted octanol–water partition coefficient (Wildman–Crippen LogP) is 3.85. The molecule has 0 atom stereocenters. The number of hydrogen-bond acceptors (Lipinski definition) is 4. The number of nitrogens with one attached hydrogen (secondary N) is 2. The number of rotatable bonds is 6. The van der Waals surface area contributed by atoms with Gasteiger partial charge >= 0.3 is 0 Å². The van der Waals surface area contributed by atoms with Crippen LogP contribution in [0.3, 0.4) is 0 Å². The molecule has 6 nitrogen and oxygen atoms in total. The standard InChI is InChI=1S/C22H18FN3O3/c1-29-20-7-2-4-15(12-20)14-24-26-22(28)17-5-3-6-19(13-17)25-21(27)16-8-10-18(23)11-9-16/h2-14H,1H3,(H,25,27)(H,26,28)/b24-14-. The Morgan fingerprint density at radius 2 is 1.69 bits per heavy atom. The second kappa shape index (κ2) is 9.27. The van der Waals surface area contributed by atoms with Gasteiger partial charge in [-0.2, -0.15) is 5.10 Å². The molecule has 7 heteroatoms. The fourth-order valence-corrected chi connectivity index (χ4v) is 2.49. The average Bonchev–Trinajstić information content (AvgIpc) is 2.74. The molecule has 0 aliphatic carbocycles. The maximum absolute atomic E-state index is 13.0. The Morgan fingerprint density at radius 3 is 2.45 bits per heavy atom. The minimum atomic E-state index is -0.429. The second-order valence-electron chi connectivity index (χ2n) is 6.02. The Bertz CT molecular complexity index is 1050. The average molecular weight is 391 g/mol. The largest absolute Gasteiger partial charge is 0.497 e. The highest BCUT2D eigenvalue weighted by molar-refractivity contribution is 6.05. The number of nitrogens with zero attached hydrogens (tertiary/aromatic N) is 1. The Kier molecular flexibility index (Phi) is 6.32. The van der Waals surface area contributed by atoms with Gasteiger partial charge in [0.25, 0.3) is 11.8 Å². The maximum Gasteiger partial charge on any atom is 0.271 e. The van der Waals surface area contributed by atoms with Crippen molar-refractivity contribution in [3.63, 3.8) is 0 Å². The molecule has 29 heavy (non-hydrogen) atoms. The van der Waals surface area contributed by atoms with Gasteiger partial charge in [-0.15, -0.1) is 0 Å². The first-order chi connectivity index (χ1) is 14.0. The van der Waals surface area contributed by atoms with Gasteiger partial charge in [-0.1, -0.05) is 18.2 Å². The van der Waals surface area contributed by atoms with Gasteiger partial charge in [0.05, 0.1) is 13.3 Å². The minimum absolute atomic E-state index is 0.309. The molecule has 0 aliphatic rings. The first kappa shape index (κ1) is 19.8. The highest BCUT2D eigenvalue weighted by Crippen LogP contribution is 2.13. The molecule has 146 valence electrons. The van der Waals surface area contributed by atoms with Crippen molar-refractivity contribution in [3.8, 4) is 5.75 Å². The van der Waals surface area contributed by atoms with E-state index in [1.807, 2.05) is 18.2 Å². The SMILES string of the molecule is COc1cccc(/C=N\NC(=O)c2cccc(NC(=O)c3ccc(F)cc3)c2)c1. The third kappa shape index (κ3) is 5.49. The van der Waals surface area contributed by atoms with E-state index >= 15 is 0 Å². The number of methoxy groups -OCH3 is 1. The number of hydrazone groups is 1. The highest BCUT2D eigenvalue weighted by Gasteiger charge is 2.09. The molecule has 2 amide bonds. The highest BCUT2D eigenvalue weighted by atomic mass is 19.1. The van der Waals surface area contributed by atoms with Crippen molar-refractivity contribution in [3.05, 3.63) is 95.3 Å². The first-order valence-electron chi connectivity index (χ1n) is 8.69. The van der Waals surface area contributed by atoms with Crippen molar-refractivity contribution in [2.24, 2.45) is 5.10 Å². The van der Waals surface area contributed by atoms with E-state index < -0.39 is 17.6 Å². The van der Waals surface area contributed by atoms with E-state index in [2.05, 4.69) is 15.8 Å². The van der Waals surface area contributed by atoms with Crippen molar-refractivity contribution in [2.75, 3.05) is 12.4 Å². The number of carbonyl (C=O) groups is 2. The van der Waals surface area contributed by atoms with Crippen molar-refractivity contribution in [1.29, 1.82) is 0 Å². The summed E-state index contributed by atoms with van der Waals surface area (Å²) in [4.78, 5) is 24.5. The summed E-state index contributed by atoms with van der Waals surface area (Å²) in [6, 6.07) is 18.8. The molecular formula is C22H18FN3O3. The number of amides is 2. The Hall–Kier alpha value is -4.00. The van der Waals surface area contributed by atoms with E-state index in [0.717, 1.165) is 5.56 Å². The summed E-state index contributed by atoms with van der Waals surface area (Å²) < 4.78 is 18.1. The van der Waals surface area contributed by atoms with Gasteiger partial charge in [0, 0.05) is 16.8 Å². The molecular weight excluding hydrogens is 373 g/mol. The van der Waals surface area contributed by atoms with Crippen molar-refractivity contribution >= 4 is 23.7 Å². The van der Waals surface area contributed by atoms with Crippen LogP contribution >= 0.6 is 0 Å². The molecule has 0 saturated heterocycles. The minimum Gasteiger partial charge on any atom is -0.497 e. The van der Waals surface area contributed by atoms with Crippen LogP contribution in [0.15, 0.2) is 77.9 Å². The molecule has 0 aromatic heterocycles. The molecule has 0 radical (unpaired) electrons.